The van der Waals surface area contributed by atoms with Crippen molar-refractivity contribution in [1.29, 1.82) is 0 Å². The van der Waals surface area contributed by atoms with Crippen molar-refractivity contribution in [1.82, 2.24) is 9.55 Å². The summed E-state index contributed by atoms with van der Waals surface area (Å²) in [5, 5.41) is 38.3. The van der Waals surface area contributed by atoms with Crippen LogP contribution in [0.3, 0.4) is 0 Å². The van der Waals surface area contributed by atoms with Gasteiger partial charge in [0.05, 0.1) is 0 Å². The number of nitrogens with zero attached hydrogens (tertiary/aromatic N) is 1. The van der Waals surface area contributed by atoms with E-state index >= 15 is 0 Å². The third-order valence-corrected chi connectivity index (χ3v) is 3.39. The van der Waals surface area contributed by atoms with Crippen molar-refractivity contribution < 1.29 is 30.0 Å². The van der Waals surface area contributed by atoms with Crippen molar-refractivity contribution in [2.45, 2.75) is 36.7 Å². The summed E-state index contributed by atoms with van der Waals surface area (Å²) in [4.78, 5) is 35.3. The second-order valence-electron chi connectivity index (χ2n) is 4.84. The van der Waals surface area contributed by atoms with Crippen LogP contribution < -0.4 is 17.0 Å². The first-order valence-corrected chi connectivity index (χ1v) is 6.23. The quantitative estimate of drug-likeness (QED) is 0.321. The Balaban J connectivity index is 2.28. The second kappa shape index (κ2) is 5.98. The molecule has 11 heteroatoms. The topological polar surface area (TPSA) is 188 Å². The molecule has 11 nitrogen and oxygen atoms in total. The van der Waals surface area contributed by atoms with Crippen molar-refractivity contribution in [2.75, 3.05) is 0 Å². The molecule has 1 saturated heterocycles. The lowest BCUT2D eigenvalue weighted by Gasteiger charge is -2.23. The number of nitrogens with one attached hydrogen (secondary N) is 1. The molecule has 122 valence electrons. The summed E-state index contributed by atoms with van der Waals surface area (Å²) in [6, 6.07) is -0.755. The van der Waals surface area contributed by atoms with Gasteiger partial charge in [-0.1, -0.05) is 0 Å². The van der Waals surface area contributed by atoms with Crippen LogP contribution in [-0.4, -0.2) is 66.4 Å². The van der Waals surface area contributed by atoms with Gasteiger partial charge in [0.2, 0.25) is 0 Å². The first-order valence-electron chi connectivity index (χ1n) is 6.23. The zero-order valence-electron chi connectivity index (χ0n) is 11.1. The number of aromatic amines is 1. The van der Waals surface area contributed by atoms with Gasteiger partial charge in [0, 0.05) is 12.3 Å². The smallest absolute Gasteiger partial charge is 0.330 e. The minimum absolute atomic E-state index is 0.668. The fourth-order valence-electron chi connectivity index (χ4n) is 2.18. The van der Waals surface area contributed by atoms with E-state index in [9.17, 15) is 29.7 Å². The van der Waals surface area contributed by atoms with Crippen molar-refractivity contribution in [2.24, 2.45) is 5.73 Å². The number of ether oxygens (including phenoxy) is 1. The average Bonchev–Trinajstić information content (AvgIpc) is 2.74. The molecule has 22 heavy (non-hydrogen) atoms. The van der Waals surface area contributed by atoms with E-state index in [4.69, 9.17) is 15.6 Å². The minimum Gasteiger partial charge on any atom is -0.480 e. The molecule has 1 aromatic rings. The minimum atomic E-state index is -1.81. The van der Waals surface area contributed by atoms with Crippen LogP contribution in [0.2, 0.25) is 0 Å². The molecule has 2 heterocycles. The van der Waals surface area contributed by atoms with E-state index in [1.807, 2.05) is 4.98 Å². The van der Waals surface area contributed by atoms with Gasteiger partial charge in [-0.3, -0.25) is 19.1 Å². The predicted octanol–water partition coefficient (Wildman–Crippen LogP) is -4.07. The van der Waals surface area contributed by atoms with E-state index in [-0.39, 0.29) is 0 Å². The molecule has 6 unspecified atom stereocenters. The zero-order chi connectivity index (χ0) is 16.6. The lowest BCUT2D eigenvalue weighted by molar-refractivity contribution is -0.147. The van der Waals surface area contributed by atoms with Crippen LogP contribution >= 0.6 is 0 Å². The highest BCUT2D eigenvalue weighted by Gasteiger charge is 2.49. The van der Waals surface area contributed by atoms with E-state index < -0.39 is 53.9 Å². The van der Waals surface area contributed by atoms with Crippen LogP contribution in [0.1, 0.15) is 6.23 Å². The number of aliphatic hydroxyl groups is 3. The number of hydrogen-bond donors (Lipinski definition) is 6. The normalized spacial score (nSPS) is 30.9. The Hall–Kier alpha value is -2.05. The van der Waals surface area contributed by atoms with Gasteiger partial charge in [0.1, 0.15) is 30.5 Å². The molecule has 0 bridgehead atoms. The number of aliphatic hydroxyl groups excluding tert-OH is 3. The number of carboxylic acid groups (broad SMARTS) is 1. The lowest BCUT2D eigenvalue weighted by atomic mass is 10.0. The summed E-state index contributed by atoms with van der Waals surface area (Å²) in [6.45, 7) is 0. The Morgan fingerprint density at radius 3 is 2.55 bits per heavy atom. The van der Waals surface area contributed by atoms with E-state index in [0.717, 1.165) is 16.8 Å². The Bertz CT molecular complexity index is 670. The highest BCUT2D eigenvalue weighted by molar-refractivity contribution is 5.74. The SMILES string of the molecule is NC(C(=O)O)C(O)C1OC(n2ccc(=O)[nH]c2=O)C(O)C1O. The number of carbonyl (C=O) groups is 1. The van der Waals surface area contributed by atoms with Crippen LogP contribution in [0.15, 0.2) is 21.9 Å². The third-order valence-electron chi connectivity index (χ3n) is 3.39. The first-order chi connectivity index (χ1) is 10.2. The predicted molar refractivity (Wildman–Crippen MR) is 68.9 cm³/mol. The lowest BCUT2D eigenvalue weighted by Crippen LogP contribution is -2.51. The fraction of sp³-hybridized carbons (Fsp3) is 0.545. The zero-order valence-corrected chi connectivity index (χ0v) is 11.1. The number of aliphatic carboxylic acids is 1. The summed E-state index contributed by atoms with van der Waals surface area (Å²) in [6.07, 6.45) is -7.03. The Kier molecular flexibility index (Phi) is 4.44. The van der Waals surface area contributed by atoms with E-state index in [0.29, 0.717) is 0 Å². The molecule has 0 aromatic carbocycles. The summed E-state index contributed by atoms with van der Waals surface area (Å²) in [5.41, 5.74) is 3.67. The van der Waals surface area contributed by atoms with Crippen molar-refractivity contribution in [3.63, 3.8) is 0 Å². The molecule has 0 spiro atoms. The van der Waals surface area contributed by atoms with Crippen LogP contribution in [0.5, 0.6) is 0 Å². The summed E-state index contributed by atoms with van der Waals surface area (Å²) in [5.74, 6) is -1.53. The van der Waals surface area contributed by atoms with Gasteiger partial charge in [0.25, 0.3) is 5.56 Å². The Morgan fingerprint density at radius 2 is 2.00 bits per heavy atom. The second-order valence-corrected chi connectivity index (χ2v) is 4.84. The molecule has 0 saturated carbocycles. The molecule has 6 atom stereocenters. The number of rotatable bonds is 4. The molecule has 1 aliphatic rings. The molecular weight excluding hydrogens is 302 g/mol. The number of aromatic nitrogens is 2. The third kappa shape index (κ3) is 2.80. The average molecular weight is 317 g/mol. The molecule has 1 aliphatic heterocycles. The van der Waals surface area contributed by atoms with Gasteiger partial charge in [-0.05, 0) is 0 Å². The molecule has 2 rings (SSSR count). The van der Waals surface area contributed by atoms with Gasteiger partial charge < -0.3 is 30.9 Å². The Labute approximate surface area is 122 Å². The summed E-state index contributed by atoms with van der Waals surface area (Å²) in [7, 11) is 0. The molecular formula is C11H15N3O8. The molecule has 1 aromatic heterocycles. The standard InChI is InChI=1S/C11H15N3O8/c12-4(10(19)20)5(16)8-6(17)7(18)9(22-8)14-2-1-3(15)13-11(14)21/h1-2,4-9,16-18H,12H2,(H,19,20)(H,13,15,21). The highest BCUT2D eigenvalue weighted by atomic mass is 16.6. The van der Waals surface area contributed by atoms with E-state index in [1.165, 1.54) is 0 Å². The largest absolute Gasteiger partial charge is 0.480 e. The highest BCUT2D eigenvalue weighted by Crippen LogP contribution is 2.30. The van der Waals surface area contributed by atoms with Crippen LogP contribution in [0.4, 0.5) is 0 Å². The summed E-state index contributed by atoms with van der Waals surface area (Å²) < 4.78 is 5.97. The maximum absolute atomic E-state index is 11.7. The van der Waals surface area contributed by atoms with Crippen molar-refractivity contribution in [3.05, 3.63) is 33.1 Å². The van der Waals surface area contributed by atoms with Gasteiger partial charge >= 0.3 is 11.7 Å². The maximum atomic E-state index is 11.7. The first kappa shape index (κ1) is 16.3. The molecule has 0 amide bonds. The van der Waals surface area contributed by atoms with Crippen LogP contribution in [0, 0.1) is 0 Å². The van der Waals surface area contributed by atoms with E-state index in [2.05, 4.69) is 0 Å². The maximum Gasteiger partial charge on any atom is 0.330 e. The van der Waals surface area contributed by atoms with Crippen LogP contribution in [0.25, 0.3) is 0 Å². The number of H-pyrrole nitrogens is 1. The van der Waals surface area contributed by atoms with Crippen LogP contribution in [-0.2, 0) is 9.53 Å². The molecule has 1 fully saturated rings. The van der Waals surface area contributed by atoms with Crippen molar-refractivity contribution >= 4 is 5.97 Å². The monoisotopic (exact) mass is 317 g/mol. The fourth-order valence-corrected chi connectivity index (χ4v) is 2.18. The van der Waals surface area contributed by atoms with E-state index in [1.54, 1.807) is 0 Å². The van der Waals surface area contributed by atoms with Gasteiger partial charge in [-0.2, -0.15) is 0 Å². The Morgan fingerprint density at radius 1 is 1.36 bits per heavy atom. The molecule has 0 aliphatic carbocycles. The molecule has 7 N–H and O–H groups in total. The van der Waals surface area contributed by atoms with Crippen molar-refractivity contribution in [3.8, 4) is 0 Å². The van der Waals surface area contributed by atoms with Gasteiger partial charge in [-0.25, -0.2) is 4.79 Å². The van der Waals surface area contributed by atoms with Gasteiger partial charge in [0.15, 0.2) is 6.23 Å². The number of carboxylic acids is 1. The number of hydrogen-bond acceptors (Lipinski definition) is 8. The molecule has 0 radical (unpaired) electrons. The number of nitrogens with two attached hydrogens (primary N) is 1. The summed E-state index contributed by atoms with van der Waals surface area (Å²) >= 11 is 0. The van der Waals surface area contributed by atoms with Gasteiger partial charge in [-0.15, -0.1) is 0 Å².